The Kier molecular flexibility index (Phi) is 6.68. The molecule has 0 unspecified atom stereocenters. The van der Waals surface area contributed by atoms with Gasteiger partial charge >= 0.3 is 0 Å². The molecular formula is C47H31N2OP. The van der Waals surface area contributed by atoms with E-state index in [0.29, 0.717) is 5.82 Å². The van der Waals surface area contributed by atoms with E-state index in [4.69, 9.17) is 9.97 Å². The van der Waals surface area contributed by atoms with E-state index < -0.39 is 12.6 Å². The van der Waals surface area contributed by atoms with Gasteiger partial charge in [-0.2, -0.15) is 0 Å². The van der Waals surface area contributed by atoms with Crippen LogP contribution < -0.4 is 15.9 Å². The lowest BCUT2D eigenvalue weighted by Crippen LogP contribution is -2.27. The molecule has 7 aromatic carbocycles. The number of benzene rings is 7. The van der Waals surface area contributed by atoms with E-state index in [9.17, 15) is 0 Å². The molecule has 8 aromatic rings. The van der Waals surface area contributed by atoms with Gasteiger partial charge in [-0.3, -0.25) is 0 Å². The van der Waals surface area contributed by atoms with Crippen molar-refractivity contribution in [2.45, 2.75) is 5.41 Å². The molecule has 0 saturated carbocycles. The van der Waals surface area contributed by atoms with Crippen molar-refractivity contribution in [2.24, 2.45) is 0 Å². The van der Waals surface area contributed by atoms with Crippen LogP contribution in [-0.4, -0.2) is 9.97 Å². The molecule has 240 valence electrons. The molecule has 2 aliphatic rings. The molecule has 4 heteroatoms. The summed E-state index contributed by atoms with van der Waals surface area (Å²) < 4.78 is 15.1. The molecular weight excluding hydrogens is 640 g/mol. The Balaban J connectivity index is 1.22. The van der Waals surface area contributed by atoms with Gasteiger partial charge in [0.25, 0.3) is 0 Å². The van der Waals surface area contributed by atoms with Crippen LogP contribution in [-0.2, 0) is 9.98 Å². The molecule has 51 heavy (non-hydrogen) atoms. The number of hydrogen-bond acceptors (Lipinski definition) is 3. The number of rotatable bonds is 5. The monoisotopic (exact) mass is 670 g/mol. The molecule has 0 saturated heterocycles. The first-order valence-electron chi connectivity index (χ1n) is 17.3. The van der Waals surface area contributed by atoms with Gasteiger partial charge in [0.2, 0.25) is 0 Å². The van der Waals surface area contributed by atoms with Crippen LogP contribution in [0.1, 0.15) is 22.3 Å². The first kappa shape index (κ1) is 29.7. The van der Waals surface area contributed by atoms with Crippen molar-refractivity contribution in [3.8, 4) is 45.0 Å². The maximum atomic E-state index is 15.1. The van der Waals surface area contributed by atoms with Crippen LogP contribution in [0.5, 0.6) is 0 Å². The maximum Gasteiger partial charge on any atom is 0.171 e. The summed E-state index contributed by atoms with van der Waals surface area (Å²) in [6.07, 6.45) is 0. The largest absolute Gasteiger partial charge is 0.309 e. The van der Waals surface area contributed by atoms with Crippen molar-refractivity contribution in [2.75, 3.05) is 0 Å². The van der Waals surface area contributed by atoms with E-state index >= 15 is 4.57 Å². The van der Waals surface area contributed by atoms with Crippen LogP contribution >= 0.6 is 7.14 Å². The Bertz CT molecular complexity index is 2560. The molecule has 10 rings (SSSR count). The Hall–Kier alpha value is -6.15. The first-order valence-corrected chi connectivity index (χ1v) is 19.0. The van der Waals surface area contributed by atoms with E-state index in [-0.39, 0.29) is 0 Å². The minimum atomic E-state index is -3.12. The van der Waals surface area contributed by atoms with E-state index in [0.717, 1.165) is 49.6 Å². The fourth-order valence-electron chi connectivity index (χ4n) is 8.43. The lowest BCUT2D eigenvalue weighted by Gasteiger charge is -2.31. The molecule has 0 amide bonds. The zero-order chi connectivity index (χ0) is 34.0. The van der Waals surface area contributed by atoms with Crippen LogP contribution in [0.25, 0.3) is 45.0 Å². The van der Waals surface area contributed by atoms with Crippen molar-refractivity contribution >= 4 is 23.1 Å². The van der Waals surface area contributed by atoms with Gasteiger partial charge < -0.3 is 4.57 Å². The predicted octanol–water partition coefficient (Wildman–Crippen LogP) is 9.79. The highest BCUT2D eigenvalue weighted by Crippen LogP contribution is 2.64. The average molecular weight is 671 g/mol. The molecule has 0 N–H and O–H groups in total. The number of hydrogen-bond donors (Lipinski definition) is 0. The summed E-state index contributed by atoms with van der Waals surface area (Å²) in [7, 11) is -3.12. The summed E-state index contributed by atoms with van der Waals surface area (Å²) in [5.74, 6) is 0.639. The molecule has 1 spiro atoms. The normalized spacial score (nSPS) is 13.3. The third-order valence-corrected chi connectivity index (χ3v) is 13.7. The summed E-state index contributed by atoms with van der Waals surface area (Å²) in [6.45, 7) is 0. The van der Waals surface area contributed by atoms with Crippen molar-refractivity contribution in [3.63, 3.8) is 0 Å². The van der Waals surface area contributed by atoms with Gasteiger partial charge in [-0.1, -0.05) is 188 Å². The Morgan fingerprint density at radius 3 is 1.33 bits per heavy atom. The van der Waals surface area contributed by atoms with Gasteiger partial charge in [0.15, 0.2) is 13.0 Å². The maximum absolute atomic E-state index is 15.1. The fourth-order valence-corrected chi connectivity index (χ4v) is 11.1. The minimum Gasteiger partial charge on any atom is -0.309 e. The highest BCUT2D eigenvalue weighted by molar-refractivity contribution is 7.85. The molecule has 3 nitrogen and oxygen atoms in total. The third kappa shape index (κ3) is 4.22. The second-order valence-corrected chi connectivity index (χ2v) is 16.0. The summed E-state index contributed by atoms with van der Waals surface area (Å²) in [5.41, 5.74) is 11.7. The summed E-state index contributed by atoms with van der Waals surface area (Å²) in [5, 5.41) is 2.39. The van der Waals surface area contributed by atoms with E-state index in [1.165, 1.54) is 27.8 Å². The van der Waals surface area contributed by atoms with Crippen molar-refractivity contribution in [3.05, 3.63) is 210 Å². The van der Waals surface area contributed by atoms with Crippen LogP contribution in [0.3, 0.4) is 0 Å². The smallest absolute Gasteiger partial charge is 0.171 e. The quantitative estimate of drug-likeness (QED) is 0.171. The van der Waals surface area contributed by atoms with Crippen LogP contribution in [0.4, 0.5) is 0 Å². The first-order chi connectivity index (χ1) is 25.2. The molecule has 0 atom stereocenters. The van der Waals surface area contributed by atoms with E-state index in [1.54, 1.807) is 0 Å². The molecule has 2 aliphatic carbocycles. The molecule has 0 fully saturated rings. The van der Waals surface area contributed by atoms with Gasteiger partial charge in [0.05, 0.1) is 16.8 Å². The van der Waals surface area contributed by atoms with Gasteiger partial charge in [-0.25, -0.2) is 9.97 Å². The highest BCUT2D eigenvalue weighted by atomic mass is 31.2. The lowest BCUT2D eigenvalue weighted by molar-refractivity contribution is 0.592. The molecule has 0 radical (unpaired) electrons. The third-order valence-electron chi connectivity index (χ3n) is 10.6. The van der Waals surface area contributed by atoms with Crippen LogP contribution in [0, 0.1) is 0 Å². The summed E-state index contributed by atoms with van der Waals surface area (Å²) in [6, 6.07) is 64.5. The molecule has 1 aromatic heterocycles. The highest BCUT2D eigenvalue weighted by Gasteiger charge is 2.54. The standard InChI is InChI=1S/C47H31N2OP/c50-51(34-18-6-2-7-19-34,35-20-8-3-9-21-35)36-30-28-33(29-31-36)46-48-44(32-16-4-1-5-17-32)43-45(49-46)39-24-12-15-27-42(39)47(43)40-25-13-10-22-37(40)38-23-11-14-26-41(38)47/h1-31H. The molecule has 0 bridgehead atoms. The van der Waals surface area contributed by atoms with Crippen LogP contribution in [0.15, 0.2) is 188 Å². The topological polar surface area (TPSA) is 42.9 Å². The lowest BCUT2D eigenvalue weighted by atomic mass is 9.69. The van der Waals surface area contributed by atoms with E-state index in [2.05, 4.69) is 97.1 Å². The van der Waals surface area contributed by atoms with Crippen molar-refractivity contribution < 1.29 is 4.57 Å². The second kappa shape index (κ2) is 11.5. The Morgan fingerprint density at radius 1 is 0.373 bits per heavy atom. The van der Waals surface area contributed by atoms with Gasteiger partial charge in [0, 0.05) is 38.2 Å². The molecule has 1 heterocycles. The molecule has 0 aliphatic heterocycles. The number of nitrogens with zero attached hydrogens (tertiary/aromatic N) is 2. The van der Waals surface area contributed by atoms with Gasteiger partial charge in [-0.05, 0) is 27.8 Å². The Morgan fingerprint density at radius 2 is 0.784 bits per heavy atom. The summed E-state index contributed by atoms with van der Waals surface area (Å²) >= 11 is 0. The predicted molar refractivity (Wildman–Crippen MR) is 209 cm³/mol. The summed E-state index contributed by atoms with van der Waals surface area (Å²) in [4.78, 5) is 10.9. The van der Waals surface area contributed by atoms with E-state index in [1.807, 2.05) is 91.0 Å². The van der Waals surface area contributed by atoms with Crippen molar-refractivity contribution in [1.82, 2.24) is 9.97 Å². The zero-order valence-electron chi connectivity index (χ0n) is 27.6. The number of aromatic nitrogens is 2. The zero-order valence-corrected chi connectivity index (χ0v) is 28.5. The van der Waals surface area contributed by atoms with Crippen LogP contribution in [0.2, 0.25) is 0 Å². The number of fused-ring (bicyclic) bond motifs is 10. The second-order valence-electron chi connectivity index (χ2n) is 13.2. The SMILES string of the molecule is O=P(c1ccccc1)(c1ccccc1)c1ccc(-c2nc(-c3ccccc3)c3c(n2)-c2ccccc2C32c3ccccc3-c3ccccc32)cc1. The van der Waals surface area contributed by atoms with Gasteiger partial charge in [0.1, 0.15) is 0 Å². The van der Waals surface area contributed by atoms with Crippen molar-refractivity contribution in [1.29, 1.82) is 0 Å². The Labute approximate surface area is 297 Å². The van der Waals surface area contributed by atoms with Gasteiger partial charge in [-0.15, -0.1) is 0 Å². The average Bonchev–Trinajstić information content (AvgIpc) is 3.69. The minimum absolute atomic E-state index is 0.565. The fraction of sp³-hybridized carbons (Fsp3) is 0.0213.